The lowest BCUT2D eigenvalue weighted by atomic mass is 10.1. The molecule has 0 amide bonds. The Balaban J connectivity index is 1.79. The van der Waals surface area contributed by atoms with Crippen molar-refractivity contribution in [2.45, 2.75) is 51.7 Å². The molecule has 6 heteroatoms. The van der Waals surface area contributed by atoms with E-state index in [1.54, 1.807) is 6.08 Å². The van der Waals surface area contributed by atoms with E-state index in [2.05, 4.69) is 75.9 Å². The average molecular weight is 495 g/mol. The molecule has 0 bridgehead atoms. The van der Waals surface area contributed by atoms with Gasteiger partial charge in [0.1, 0.15) is 11.9 Å². The second-order valence-electron chi connectivity index (χ2n) is 9.96. The van der Waals surface area contributed by atoms with Gasteiger partial charge in [-0.1, -0.05) is 94.4 Å². The van der Waals surface area contributed by atoms with Gasteiger partial charge < -0.3 is 18.6 Å². The smallest absolute Gasteiger partial charge is 0.334 e. The van der Waals surface area contributed by atoms with Crippen molar-refractivity contribution in [2.75, 3.05) is 20.0 Å². The summed E-state index contributed by atoms with van der Waals surface area (Å²) in [6, 6.07) is 21.1. The van der Waals surface area contributed by atoms with Crippen LogP contribution in [0.5, 0.6) is 0 Å². The molecule has 3 rings (SSSR count). The first-order chi connectivity index (χ1) is 16.8. The number of ether oxygens (including phenoxy) is 3. The molecule has 1 fully saturated rings. The van der Waals surface area contributed by atoms with Crippen LogP contribution in [0.4, 0.5) is 0 Å². The first-order valence-corrected chi connectivity index (χ1v) is 14.2. The Hall–Kier alpha value is -2.67. The van der Waals surface area contributed by atoms with Crippen LogP contribution in [0.15, 0.2) is 85.2 Å². The Kier molecular flexibility index (Phi) is 9.49. The highest BCUT2D eigenvalue weighted by atomic mass is 28.4. The molecule has 0 radical (unpaired) electrons. The van der Waals surface area contributed by atoms with Crippen molar-refractivity contribution in [1.29, 1.82) is 0 Å². The monoisotopic (exact) mass is 494 g/mol. The zero-order valence-corrected chi connectivity index (χ0v) is 22.4. The zero-order chi connectivity index (χ0) is 25.3. The van der Waals surface area contributed by atoms with Gasteiger partial charge in [0.05, 0.1) is 12.7 Å². The summed E-state index contributed by atoms with van der Waals surface area (Å²) in [5.74, 6) is 0.209. The van der Waals surface area contributed by atoms with Crippen molar-refractivity contribution in [3.63, 3.8) is 0 Å². The standard InChI is InChI=1S/C29H38O5Si/c1-6-13-24(34-28(30)20-27-23(2)21-31-22-32-27)18-19-33-35(29(3,4)5,25-14-9-7-10-15-25)26-16-11-8-12-17-26/h6-12,14-17,20,23-24H,1,13,18-19,21-22H2,2-5H3/b27-20-/t23?,24-/m0/s1. The minimum Gasteiger partial charge on any atom is -0.471 e. The van der Waals surface area contributed by atoms with E-state index in [-0.39, 0.29) is 23.9 Å². The van der Waals surface area contributed by atoms with Crippen molar-refractivity contribution in [1.82, 2.24) is 0 Å². The summed E-state index contributed by atoms with van der Waals surface area (Å²) in [4.78, 5) is 12.6. The maximum Gasteiger partial charge on any atom is 0.334 e. The quantitative estimate of drug-likeness (QED) is 0.202. The summed E-state index contributed by atoms with van der Waals surface area (Å²) in [5, 5.41) is 2.35. The average Bonchev–Trinajstić information content (AvgIpc) is 2.84. The van der Waals surface area contributed by atoms with Crippen LogP contribution in [0.1, 0.15) is 40.5 Å². The van der Waals surface area contributed by atoms with E-state index in [1.807, 2.05) is 19.1 Å². The third kappa shape index (κ3) is 6.72. The van der Waals surface area contributed by atoms with Crippen LogP contribution in [-0.2, 0) is 23.4 Å². The summed E-state index contributed by atoms with van der Waals surface area (Å²) >= 11 is 0. The predicted octanol–water partition coefficient (Wildman–Crippen LogP) is 4.97. The number of esters is 1. The van der Waals surface area contributed by atoms with Gasteiger partial charge in [-0.2, -0.15) is 0 Å². The molecule has 35 heavy (non-hydrogen) atoms. The second-order valence-corrected chi connectivity index (χ2v) is 14.3. The minimum atomic E-state index is -2.64. The topological polar surface area (TPSA) is 54.0 Å². The van der Waals surface area contributed by atoms with Gasteiger partial charge in [0.25, 0.3) is 8.32 Å². The Morgan fingerprint density at radius 3 is 2.23 bits per heavy atom. The second kappa shape index (κ2) is 12.3. The molecule has 1 unspecified atom stereocenters. The van der Waals surface area contributed by atoms with Gasteiger partial charge in [-0.05, 0) is 15.4 Å². The highest BCUT2D eigenvalue weighted by Gasteiger charge is 2.50. The van der Waals surface area contributed by atoms with E-state index in [4.69, 9.17) is 18.6 Å². The maximum atomic E-state index is 12.6. The van der Waals surface area contributed by atoms with Crippen LogP contribution in [0.25, 0.3) is 0 Å². The molecule has 2 aromatic rings. The number of hydrogen-bond acceptors (Lipinski definition) is 5. The van der Waals surface area contributed by atoms with Crippen LogP contribution in [0.2, 0.25) is 5.04 Å². The molecule has 1 saturated heterocycles. The van der Waals surface area contributed by atoms with E-state index in [1.165, 1.54) is 16.4 Å². The third-order valence-electron chi connectivity index (χ3n) is 6.31. The van der Waals surface area contributed by atoms with Crippen molar-refractivity contribution < 1.29 is 23.4 Å². The van der Waals surface area contributed by atoms with Crippen LogP contribution in [0, 0.1) is 5.92 Å². The fraction of sp³-hybridized carbons (Fsp3) is 0.414. The largest absolute Gasteiger partial charge is 0.471 e. The van der Waals surface area contributed by atoms with Crippen molar-refractivity contribution in [3.8, 4) is 0 Å². The number of carbonyl (C=O) groups is 1. The number of benzene rings is 2. The first kappa shape index (κ1) is 26.9. The molecule has 0 N–H and O–H groups in total. The van der Waals surface area contributed by atoms with E-state index < -0.39 is 14.3 Å². The maximum absolute atomic E-state index is 12.6. The van der Waals surface area contributed by atoms with Gasteiger partial charge in [-0.3, -0.25) is 0 Å². The minimum absolute atomic E-state index is 0.0210. The first-order valence-electron chi connectivity index (χ1n) is 12.3. The summed E-state index contributed by atoms with van der Waals surface area (Å²) in [6.07, 6.45) is 4.02. The molecule has 0 saturated carbocycles. The lowest BCUT2D eigenvalue weighted by Gasteiger charge is -2.43. The SMILES string of the molecule is C=CC[C@@H](CCO[Si](c1ccccc1)(c1ccccc1)C(C)(C)C)OC(=O)/C=C1\OCOCC1C. The lowest BCUT2D eigenvalue weighted by Crippen LogP contribution is -2.66. The van der Waals surface area contributed by atoms with Crippen LogP contribution in [0.3, 0.4) is 0 Å². The molecule has 5 nitrogen and oxygen atoms in total. The molecule has 0 aromatic heterocycles. The number of hydrogen-bond donors (Lipinski definition) is 0. The molecule has 1 heterocycles. The Bertz CT molecular complexity index is 942. The van der Waals surface area contributed by atoms with Gasteiger partial charge in [0.2, 0.25) is 0 Å². The summed E-state index contributed by atoms with van der Waals surface area (Å²) < 4.78 is 23.5. The third-order valence-corrected chi connectivity index (χ3v) is 11.4. The molecule has 0 aliphatic carbocycles. The number of carbonyl (C=O) groups excluding carboxylic acids is 1. The van der Waals surface area contributed by atoms with Gasteiger partial charge in [0.15, 0.2) is 6.79 Å². The molecular formula is C29H38O5Si. The highest BCUT2D eigenvalue weighted by molar-refractivity contribution is 6.99. The van der Waals surface area contributed by atoms with Gasteiger partial charge in [0, 0.05) is 25.4 Å². The van der Waals surface area contributed by atoms with E-state index in [9.17, 15) is 4.79 Å². The van der Waals surface area contributed by atoms with Crippen LogP contribution >= 0.6 is 0 Å². The normalized spacial score (nSPS) is 18.5. The summed E-state index contributed by atoms with van der Waals surface area (Å²) in [5.41, 5.74) is 0. The van der Waals surface area contributed by atoms with Gasteiger partial charge in [-0.15, -0.1) is 6.58 Å². The number of rotatable bonds is 10. The molecule has 2 aromatic carbocycles. The Morgan fingerprint density at radius 1 is 1.11 bits per heavy atom. The Labute approximate surface area is 210 Å². The lowest BCUT2D eigenvalue weighted by molar-refractivity contribution is -0.144. The zero-order valence-electron chi connectivity index (χ0n) is 21.4. The van der Waals surface area contributed by atoms with Crippen LogP contribution < -0.4 is 10.4 Å². The molecule has 1 aliphatic heterocycles. The van der Waals surface area contributed by atoms with Gasteiger partial charge in [-0.25, -0.2) is 4.79 Å². The molecule has 188 valence electrons. The predicted molar refractivity (Wildman–Crippen MR) is 142 cm³/mol. The fourth-order valence-electron chi connectivity index (χ4n) is 4.57. The van der Waals surface area contributed by atoms with Crippen molar-refractivity contribution >= 4 is 24.7 Å². The van der Waals surface area contributed by atoms with Gasteiger partial charge >= 0.3 is 5.97 Å². The Morgan fingerprint density at radius 2 is 1.71 bits per heavy atom. The van der Waals surface area contributed by atoms with Crippen LogP contribution in [-0.4, -0.2) is 40.4 Å². The summed E-state index contributed by atoms with van der Waals surface area (Å²) in [7, 11) is -2.64. The molecular weight excluding hydrogens is 456 g/mol. The van der Waals surface area contributed by atoms with Crippen molar-refractivity contribution in [2.24, 2.45) is 5.92 Å². The van der Waals surface area contributed by atoms with E-state index in [0.717, 1.165) is 0 Å². The molecule has 2 atom stereocenters. The highest BCUT2D eigenvalue weighted by Crippen LogP contribution is 2.37. The summed E-state index contributed by atoms with van der Waals surface area (Å²) in [6.45, 7) is 13.7. The van der Waals surface area contributed by atoms with E-state index in [0.29, 0.717) is 31.8 Å². The molecule has 0 spiro atoms. The fourth-order valence-corrected chi connectivity index (χ4v) is 9.15. The molecule has 1 aliphatic rings. The van der Waals surface area contributed by atoms with E-state index >= 15 is 0 Å². The van der Waals surface area contributed by atoms with Crippen molar-refractivity contribution in [3.05, 3.63) is 85.2 Å².